The van der Waals surface area contributed by atoms with E-state index in [1.165, 1.54) is 51.9 Å². The van der Waals surface area contributed by atoms with Crippen molar-refractivity contribution in [1.29, 1.82) is 0 Å². The number of morpholine rings is 1. The molecule has 0 aromatic carbocycles. The maximum Gasteiger partial charge on any atom is 0.0707 e. The number of ether oxygens (including phenoxy) is 1. The van der Waals surface area contributed by atoms with E-state index >= 15 is 0 Å². The quantitative estimate of drug-likeness (QED) is 0.681. The lowest BCUT2D eigenvalue weighted by atomic mass is 10.2. The second-order valence-corrected chi connectivity index (χ2v) is 5.36. The highest BCUT2D eigenvalue weighted by Gasteiger charge is 2.33. The van der Waals surface area contributed by atoms with Crippen LogP contribution in [0.3, 0.4) is 0 Å². The molecule has 0 amide bonds. The van der Waals surface area contributed by atoms with Gasteiger partial charge < -0.3 is 10.1 Å². The first-order valence-corrected chi connectivity index (χ1v) is 6.48. The molecular formula is C12H22N2O. The first kappa shape index (κ1) is 10.1. The van der Waals surface area contributed by atoms with Gasteiger partial charge in [0.1, 0.15) is 0 Å². The Labute approximate surface area is 92.2 Å². The average molecular weight is 210 g/mol. The Morgan fingerprint density at radius 3 is 2.47 bits per heavy atom. The van der Waals surface area contributed by atoms with Crippen LogP contribution in [0.2, 0.25) is 0 Å². The Kier molecular flexibility index (Phi) is 2.95. The highest BCUT2D eigenvalue weighted by molar-refractivity contribution is 4.85. The molecule has 15 heavy (non-hydrogen) atoms. The molecule has 2 saturated heterocycles. The van der Waals surface area contributed by atoms with E-state index < -0.39 is 0 Å². The van der Waals surface area contributed by atoms with Crippen LogP contribution in [-0.2, 0) is 4.74 Å². The molecular weight excluding hydrogens is 188 g/mol. The smallest absolute Gasteiger partial charge is 0.0707 e. The van der Waals surface area contributed by atoms with E-state index in [1.54, 1.807) is 0 Å². The third kappa shape index (κ3) is 2.71. The first-order valence-electron chi connectivity index (χ1n) is 6.48. The molecule has 3 fully saturated rings. The lowest BCUT2D eigenvalue weighted by Crippen LogP contribution is -2.45. The second kappa shape index (κ2) is 4.40. The Morgan fingerprint density at radius 1 is 1.07 bits per heavy atom. The van der Waals surface area contributed by atoms with Gasteiger partial charge in [0.15, 0.2) is 0 Å². The zero-order valence-electron chi connectivity index (χ0n) is 9.45. The van der Waals surface area contributed by atoms with Crippen molar-refractivity contribution in [2.45, 2.75) is 37.9 Å². The average Bonchev–Trinajstić information content (AvgIpc) is 3.00. The van der Waals surface area contributed by atoms with Gasteiger partial charge in [-0.15, -0.1) is 0 Å². The predicted molar refractivity (Wildman–Crippen MR) is 59.9 cm³/mol. The van der Waals surface area contributed by atoms with Crippen molar-refractivity contribution in [3.63, 3.8) is 0 Å². The molecule has 0 radical (unpaired) electrons. The fourth-order valence-corrected chi connectivity index (χ4v) is 2.75. The maximum absolute atomic E-state index is 5.82. The minimum Gasteiger partial charge on any atom is -0.372 e. The summed E-state index contributed by atoms with van der Waals surface area (Å²) < 4.78 is 5.82. The van der Waals surface area contributed by atoms with E-state index in [-0.39, 0.29) is 0 Å². The maximum atomic E-state index is 5.82. The molecule has 2 aliphatic heterocycles. The van der Waals surface area contributed by atoms with Gasteiger partial charge in [-0.2, -0.15) is 0 Å². The Bertz CT molecular complexity index is 206. The summed E-state index contributed by atoms with van der Waals surface area (Å²) in [5, 5.41) is 3.56. The predicted octanol–water partition coefficient (Wildman–Crippen LogP) is 0.849. The van der Waals surface area contributed by atoms with Gasteiger partial charge in [0.25, 0.3) is 0 Å². The normalized spacial score (nSPS) is 36.0. The monoisotopic (exact) mass is 210 g/mol. The third-order valence-electron chi connectivity index (χ3n) is 3.85. The van der Waals surface area contributed by atoms with Gasteiger partial charge in [-0.05, 0) is 38.1 Å². The zero-order valence-corrected chi connectivity index (χ0v) is 9.45. The summed E-state index contributed by atoms with van der Waals surface area (Å²) in [4.78, 5) is 2.58. The van der Waals surface area contributed by atoms with Crippen LogP contribution in [0.15, 0.2) is 0 Å². The summed E-state index contributed by atoms with van der Waals surface area (Å²) in [6.45, 7) is 5.96. The van der Waals surface area contributed by atoms with Crippen molar-refractivity contribution in [1.82, 2.24) is 10.2 Å². The Hall–Kier alpha value is -0.120. The van der Waals surface area contributed by atoms with Crippen LogP contribution >= 0.6 is 0 Å². The molecule has 2 atom stereocenters. The Morgan fingerprint density at radius 2 is 1.80 bits per heavy atom. The highest BCUT2D eigenvalue weighted by Crippen LogP contribution is 2.27. The van der Waals surface area contributed by atoms with Crippen LogP contribution in [0.5, 0.6) is 0 Å². The van der Waals surface area contributed by atoms with Crippen molar-refractivity contribution in [2.24, 2.45) is 5.92 Å². The minimum absolute atomic E-state index is 0.548. The molecule has 2 unspecified atom stereocenters. The van der Waals surface area contributed by atoms with Crippen LogP contribution < -0.4 is 5.32 Å². The van der Waals surface area contributed by atoms with Crippen molar-refractivity contribution < 1.29 is 4.74 Å². The van der Waals surface area contributed by atoms with Gasteiger partial charge in [-0.25, -0.2) is 0 Å². The second-order valence-electron chi connectivity index (χ2n) is 5.36. The number of rotatable bonds is 5. The lowest BCUT2D eigenvalue weighted by Gasteiger charge is -2.32. The van der Waals surface area contributed by atoms with Gasteiger partial charge in [0.2, 0.25) is 0 Å². The van der Waals surface area contributed by atoms with Crippen LogP contribution in [0.25, 0.3) is 0 Å². The summed E-state index contributed by atoms with van der Waals surface area (Å²) in [5.41, 5.74) is 0. The number of hydrogen-bond donors (Lipinski definition) is 1. The molecule has 2 bridgehead atoms. The van der Waals surface area contributed by atoms with Crippen molar-refractivity contribution in [2.75, 3.05) is 32.7 Å². The SMILES string of the molecule is C(CN1CC2CCC(C1)O2)NCC1CC1. The van der Waals surface area contributed by atoms with E-state index in [0.717, 1.165) is 12.5 Å². The molecule has 1 N–H and O–H groups in total. The Balaban J connectivity index is 1.32. The standard InChI is InChI=1S/C12H22N2O/c1-2-10(1)7-13-5-6-14-8-11-3-4-12(9-14)15-11/h10-13H,1-9H2. The zero-order chi connectivity index (χ0) is 10.1. The van der Waals surface area contributed by atoms with Crippen LogP contribution in [-0.4, -0.2) is 49.8 Å². The molecule has 0 aromatic heterocycles. The van der Waals surface area contributed by atoms with Crippen LogP contribution in [0, 0.1) is 5.92 Å². The summed E-state index contributed by atoms with van der Waals surface area (Å²) >= 11 is 0. The largest absolute Gasteiger partial charge is 0.372 e. The molecule has 86 valence electrons. The van der Waals surface area contributed by atoms with Gasteiger partial charge in [0.05, 0.1) is 12.2 Å². The number of hydrogen-bond acceptors (Lipinski definition) is 3. The lowest BCUT2D eigenvalue weighted by molar-refractivity contribution is -0.0376. The van der Waals surface area contributed by atoms with Crippen molar-refractivity contribution in [3.8, 4) is 0 Å². The topological polar surface area (TPSA) is 24.5 Å². The van der Waals surface area contributed by atoms with E-state index in [1.807, 2.05) is 0 Å². The number of nitrogens with one attached hydrogen (secondary N) is 1. The summed E-state index contributed by atoms with van der Waals surface area (Å²) in [7, 11) is 0. The summed E-state index contributed by atoms with van der Waals surface area (Å²) in [5.74, 6) is 1.01. The number of fused-ring (bicyclic) bond motifs is 2. The fourth-order valence-electron chi connectivity index (χ4n) is 2.75. The third-order valence-corrected chi connectivity index (χ3v) is 3.85. The molecule has 3 rings (SSSR count). The molecule has 2 heterocycles. The van der Waals surface area contributed by atoms with E-state index in [2.05, 4.69) is 10.2 Å². The minimum atomic E-state index is 0.548. The molecule has 0 spiro atoms. The van der Waals surface area contributed by atoms with Gasteiger partial charge in [-0.3, -0.25) is 4.90 Å². The molecule has 1 aliphatic carbocycles. The van der Waals surface area contributed by atoms with E-state index in [4.69, 9.17) is 4.74 Å². The molecule has 0 aromatic rings. The molecule has 3 nitrogen and oxygen atoms in total. The fraction of sp³-hybridized carbons (Fsp3) is 1.00. The number of nitrogens with zero attached hydrogens (tertiary/aromatic N) is 1. The number of likely N-dealkylation sites (tertiary alicyclic amines) is 1. The van der Waals surface area contributed by atoms with Crippen LogP contribution in [0.1, 0.15) is 25.7 Å². The van der Waals surface area contributed by atoms with Gasteiger partial charge in [0, 0.05) is 26.2 Å². The highest BCUT2D eigenvalue weighted by atomic mass is 16.5. The first-order chi connectivity index (χ1) is 7.40. The van der Waals surface area contributed by atoms with Crippen molar-refractivity contribution in [3.05, 3.63) is 0 Å². The van der Waals surface area contributed by atoms with Crippen LogP contribution in [0.4, 0.5) is 0 Å². The van der Waals surface area contributed by atoms with E-state index in [9.17, 15) is 0 Å². The molecule has 3 heteroatoms. The summed E-state index contributed by atoms with van der Waals surface area (Å²) in [6.07, 6.45) is 6.58. The van der Waals surface area contributed by atoms with Gasteiger partial charge in [-0.1, -0.05) is 0 Å². The van der Waals surface area contributed by atoms with E-state index in [0.29, 0.717) is 12.2 Å². The molecule has 1 saturated carbocycles. The van der Waals surface area contributed by atoms with Gasteiger partial charge >= 0.3 is 0 Å². The molecule has 3 aliphatic rings. The summed E-state index contributed by atoms with van der Waals surface area (Å²) in [6, 6.07) is 0. The van der Waals surface area contributed by atoms with Crippen molar-refractivity contribution >= 4 is 0 Å².